The lowest BCUT2D eigenvalue weighted by Gasteiger charge is -2.34. The zero-order valence-electron chi connectivity index (χ0n) is 76.8. The SMILES string of the molecule is CCCCCCCCC1(CCCCCCCC)c2cc([SiH3])ccc2-c2ccc(-c3ccc4c(c3)C(CCCCCCCC)(CCCCCCCC)c3cc(-c5ccc6c(c5)C(CCCCCCCC)(CCCCCCCC)c5cc(-c7ccc8c(c7)C(CCCCCCCC)(CCCCCCCC)c7cc(Br)ccc7-8)ccc5-6)ccc3-4)cc21. The molecule has 0 saturated heterocycles. The summed E-state index contributed by atoms with van der Waals surface area (Å²) in [5.74, 6) is 0. The molecule has 0 spiro atoms. The van der Waals surface area contributed by atoms with Gasteiger partial charge in [-0.25, -0.2) is 0 Å². The van der Waals surface area contributed by atoms with E-state index >= 15 is 0 Å². The van der Waals surface area contributed by atoms with Gasteiger partial charge in [-0.15, -0.1) is 0 Å². The summed E-state index contributed by atoms with van der Waals surface area (Å²) in [7, 11) is 1.09. The van der Waals surface area contributed by atoms with Crippen molar-refractivity contribution >= 4 is 31.4 Å². The second kappa shape index (κ2) is 46.8. The maximum Gasteiger partial charge on any atom is 0.0385 e. The van der Waals surface area contributed by atoms with Crippen LogP contribution in [0.4, 0.5) is 0 Å². The summed E-state index contributed by atoms with van der Waals surface area (Å²) in [4.78, 5) is 0. The van der Waals surface area contributed by atoms with Gasteiger partial charge in [0, 0.05) is 36.4 Å². The van der Waals surface area contributed by atoms with Gasteiger partial charge in [-0.3, -0.25) is 0 Å². The number of hydrogen-bond acceptors (Lipinski definition) is 0. The number of benzene rings is 8. The van der Waals surface area contributed by atoms with Crippen LogP contribution in [0.1, 0.15) is 459 Å². The van der Waals surface area contributed by atoms with Crippen LogP contribution in [0.2, 0.25) is 0 Å². The quantitative estimate of drug-likeness (QED) is 0.0263. The van der Waals surface area contributed by atoms with Crippen molar-refractivity contribution in [2.45, 2.75) is 437 Å². The monoisotopic (exact) mass is 1660 g/mol. The Balaban J connectivity index is 0.965. The first-order valence-corrected chi connectivity index (χ1v) is 52.6. The largest absolute Gasteiger partial charge is 0.0704 e. The molecule has 0 nitrogen and oxygen atoms in total. The van der Waals surface area contributed by atoms with E-state index in [1.54, 1.807) is 49.7 Å². The van der Waals surface area contributed by atoms with Crippen molar-refractivity contribution in [2.24, 2.45) is 0 Å². The van der Waals surface area contributed by atoms with E-state index in [0.29, 0.717) is 0 Å². The zero-order valence-corrected chi connectivity index (χ0v) is 80.4. The summed E-state index contributed by atoms with van der Waals surface area (Å²) in [5, 5.41) is 1.55. The summed E-state index contributed by atoms with van der Waals surface area (Å²) >= 11 is 4.06. The number of fused-ring (bicyclic) bond motifs is 12. The van der Waals surface area contributed by atoms with Gasteiger partial charge >= 0.3 is 0 Å². The smallest absolute Gasteiger partial charge is 0.0385 e. The Morgan fingerprint density at radius 1 is 0.178 bits per heavy atom. The Morgan fingerprint density at radius 3 is 0.525 bits per heavy atom. The molecule has 0 saturated carbocycles. The van der Waals surface area contributed by atoms with Crippen LogP contribution in [0.15, 0.2) is 150 Å². The molecule has 0 aromatic heterocycles. The van der Waals surface area contributed by atoms with Crippen LogP contribution in [0, 0.1) is 0 Å². The summed E-state index contributed by atoms with van der Waals surface area (Å²) in [6.07, 6.45) is 73.8. The minimum absolute atomic E-state index is 0.0122. The molecule has 12 rings (SSSR count). The van der Waals surface area contributed by atoms with E-state index in [1.165, 1.54) is 442 Å². The number of unbranched alkanes of at least 4 members (excludes halogenated alkanes) is 40. The van der Waals surface area contributed by atoms with E-state index in [2.05, 4.69) is 217 Å². The average Bonchev–Trinajstić information content (AvgIpc) is 1.57. The molecule has 2 heteroatoms. The minimum Gasteiger partial charge on any atom is -0.0704 e. The maximum atomic E-state index is 4.06. The molecule has 8 aromatic rings. The van der Waals surface area contributed by atoms with Gasteiger partial charge in [0.1, 0.15) is 0 Å². The maximum absolute atomic E-state index is 4.06. The van der Waals surface area contributed by atoms with Gasteiger partial charge in [0.25, 0.3) is 0 Å². The highest BCUT2D eigenvalue weighted by atomic mass is 79.9. The molecule has 0 radical (unpaired) electrons. The molecule has 8 aromatic carbocycles. The van der Waals surface area contributed by atoms with Crippen LogP contribution in [0.3, 0.4) is 0 Å². The average molecular weight is 1670 g/mol. The topological polar surface area (TPSA) is 0 Å². The molecule has 4 aliphatic carbocycles. The molecule has 0 fully saturated rings. The molecule has 0 unspecified atom stereocenters. The molecule has 118 heavy (non-hydrogen) atoms. The van der Waals surface area contributed by atoms with Crippen LogP contribution < -0.4 is 5.19 Å². The van der Waals surface area contributed by atoms with Gasteiger partial charge in [-0.2, -0.15) is 0 Å². The minimum atomic E-state index is -0.0730. The Kier molecular flexibility index (Phi) is 36.4. The summed E-state index contributed by atoms with van der Waals surface area (Å²) < 4.78 is 1.23. The van der Waals surface area contributed by atoms with Crippen molar-refractivity contribution in [3.05, 3.63) is 195 Å². The fraction of sp³-hybridized carbons (Fsp3) is 0.586. The van der Waals surface area contributed by atoms with Crippen LogP contribution >= 0.6 is 15.9 Å². The molecule has 0 heterocycles. The molecule has 0 aliphatic heterocycles. The van der Waals surface area contributed by atoms with Gasteiger partial charge in [-0.05, 0) is 222 Å². The first-order chi connectivity index (χ1) is 58.0. The van der Waals surface area contributed by atoms with Gasteiger partial charge in [-0.1, -0.05) is 482 Å². The molecule has 4 aliphatic rings. The van der Waals surface area contributed by atoms with Crippen molar-refractivity contribution in [2.75, 3.05) is 0 Å². The normalized spacial score (nSPS) is 14.5. The fourth-order valence-electron chi connectivity index (χ4n) is 23.5. The van der Waals surface area contributed by atoms with Crippen molar-refractivity contribution < 1.29 is 0 Å². The summed E-state index contributed by atoms with van der Waals surface area (Å²) in [6, 6.07) is 62.9. The van der Waals surface area contributed by atoms with Crippen LogP contribution in [-0.2, 0) is 21.7 Å². The molecular weight excluding hydrogens is 1500 g/mol. The van der Waals surface area contributed by atoms with E-state index in [1.807, 2.05) is 0 Å². The van der Waals surface area contributed by atoms with Gasteiger partial charge in [0.05, 0.1) is 0 Å². The summed E-state index contributed by atoms with van der Waals surface area (Å²) in [6.45, 7) is 19.0. The Labute approximate surface area is 735 Å². The van der Waals surface area contributed by atoms with Gasteiger partial charge in [0.15, 0.2) is 0 Å². The number of halogens is 1. The number of rotatable bonds is 59. The second-order valence-corrected chi connectivity index (χ2v) is 40.8. The molecule has 0 amide bonds. The van der Waals surface area contributed by atoms with Crippen molar-refractivity contribution in [1.82, 2.24) is 0 Å². The third kappa shape index (κ3) is 21.8. The van der Waals surface area contributed by atoms with Crippen LogP contribution in [-0.4, -0.2) is 10.2 Å². The fourth-order valence-corrected chi connectivity index (χ4v) is 24.3. The predicted molar refractivity (Wildman–Crippen MR) is 529 cm³/mol. The predicted octanol–water partition coefficient (Wildman–Crippen LogP) is 36.5. The summed E-state index contributed by atoms with van der Waals surface area (Å²) in [5.41, 5.74) is 33.6. The third-order valence-electron chi connectivity index (χ3n) is 30.2. The molecule has 0 atom stereocenters. The van der Waals surface area contributed by atoms with Crippen molar-refractivity contribution in [3.63, 3.8) is 0 Å². The highest BCUT2D eigenvalue weighted by Crippen LogP contribution is 2.62. The lowest BCUT2D eigenvalue weighted by molar-refractivity contribution is 0.397. The van der Waals surface area contributed by atoms with Gasteiger partial charge < -0.3 is 0 Å². The van der Waals surface area contributed by atoms with E-state index in [4.69, 9.17) is 0 Å². The lowest BCUT2D eigenvalue weighted by atomic mass is 9.69. The van der Waals surface area contributed by atoms with Crippen LogP contribution in [0.5, 0.6) is 0 Å². The van der Waals surface area contributed by atoms with E-state index in [-0.39, 0.29) is 21.7 Å². The van der Waals surface area contributed by atoms with Crippen LogP contribution in [0.25, 0.3) is 77.9 Å². The van der Waals surface area contributed by atoms with Gasteiger partial charge in [0.2, 0.25) is 0 Å². The molecular formula is C116H163BrSi. The highest BCUT2D eigenvalue weighted by molar-refractivity contribution is 9.10. The first kappa shape index (κ1) is 91.7. The standard InChI is InChI=1S/C116H163BrSi/c1-9-17-25-33-41-49-73-113(74-50-42-34-26-18-10-2)105-81-89(57-65-97(105)99-67-59-91(83-107(99)113)93-61-69-101-103-71-63-95(117)87-111(103)115(109(101)85-93,77-53-45-37-29-21-13-5)78-54-46-38-30-22-14-6)90-58-66-98-100-68-60-92(84-108(100)114(106(98)82-90,75-51-43-35-27-19-11-3)76-52-44-36-28-20-12-4)94-62-70-102-104-72-64-96(118)88-112(104)116(110(102)86-94,79-55-47-39-31-23-15-7)80-56-48-40-32-24-16-8/h57-72,81-88H,9-56,73-80H2,1-8,118H3. The van der Waals surface area contributed by atoms with E-state index in [0.717, 1.165) is 10.2 Å². The second-order valence-electron chi connectivity index (χ2n) is 38.8. The first-order valence-electron chi connectivity index (χ1n) is 50.8. The molecule has 0 bridgehead atoms. The molecule has 638 valence electrons. The highest BCUT2D eigenvalue weighted by Gasteiger charge is 2.48. The number of hydrogen-bond donors (Lipinski definition) is 0. The Bertz CT molecular complexity index is 4040. The lowest BCUT2D eigenvalue weighted by Crippen LogP contribution is -2.27. The van der Waals surface area contributed by atoms with Crippen molar-refractivity contribution in [1.29, 1.82) is 0 Å². The van der Waals surface area contributed by atoms with E-state index in [9.17, 15) is 0 Å². The van der Waals surface area contributed by atoms with E-state index < -0.39 is 0 Å². The Hall–Kier alpha value is -5.54. The zero-order chi connectivity index (χ0) is 82.4. The molecule has 0 N–H and O–H groups in total. The third-order valence-corrected chi connectivity index (χ3v) is 31.3. The Morgan fingerprint density at radius 2 is 0.331 bits per heavy atom. The van der Waals surface area contributed by atoms with Crippen molar-refractivity contribution in [3.8, 4) is 77.9 Å².